The molecule has 3 rings (SSSR count). The monoisotopic (exact) mass is 355 g/mol. The Kier molecular flexibility index (Phi) is 5.63. The molecule has 138 valence electrons. The van der Waals surface area contributed by atoms with E-state index in [4.69, 9.17) is 19.9 Å². The molecule has 1 aliphatic rings. The molecule has 0 spiro atoms. The first-order chi connectivity index (χ1) is 12.6. The lowest BCUT2D eigenvalue weighted by Crippen LogP contribution is -2.23. The van der Waals surface area contributed by atoms with E-state index < -0.39 is 0 Å². The molecule has 1 atom stereocenters. The van der Waals surface area contributed by atoms with Crippen molar-refractivity contribution in [3.05, 3.63) is 53.1 Å². The van der Waals surface area contributed by atoms with Crippen LogP contribution in [0, 0.1) is 0 Å². The van der Waals surface area contributed by atoms with Crippen LogP contribution in [0.5, 0.6) is 11.5 Å². The van der Waals surface area contributed by atoms with Gasteiger partial charge in [0.1, 0.15) is 17.6 Å². The lowest BCUT2D eigenvalue weighted by Gasteiger charge is -2.12. The van der Waals surface area contributed by atoms with Crippen LogP contribution in [-0.2, 0) is 24.3 Å². The Morgan fingerprint density at radius 1 is 1.27 bits per heavy atom. The second kappa shape index (κ2) is 8.10. The Hall–Kier alpha value is -2.73. The van der Waals surface area contributed by atoms with Gasteiger partial charge in [0.25, 0.3) is 0 Å². The van der Waals surface area contributed by atoms with Crippen LogP contribution in [0.3, 0.4) is 0 Å². The summed E-state index contributed by atoms with van der Waals surface area (Å²) >= 11 is 0. The Morgan fingerprint density at radius 3 is 2.85 bits per heavy atom. The van der Waals surface area contributed by atoms with Gasteiger partial charge in [-0.2, -0.15) is 0 Å². The molecule has 26 heavy (non-hydrogen) atoms. The Bertz CT molecular complexity index is 805. The summed E-state index contributed by atoms with van der Waals surface area (Å²) in [5, 5.41) is 3.14. The van der Waals surface area contributed by atoms with Gasteiger partial charge in [-0.3, -0.25) is 0 Å². The van der Waals surface area contributed by atoms with E-state index in [1.807, 2.05) is 36.4 Å². The van der Waals surface area contributed by atoms with Gasteiger partial charge in [0.2, 0.25) is 0 Å². The predicted molar refractivity (Wildman–Crippen MR) is 103 cm³/mol. The van der Waals surface area contributed by atoms with Gasteiger partial charge >= 0.3 is 0 Å². The van der Waals surface area contributed by atoms with Gasteiger partial charge in [0, 0.05) is 35.9 Å². The number of benzene rings is 2. The zero-order valence-corrected chi connectivity index (χ0v) is 15.4. The Morgan fingerprint density at radius 2 is 2.08 bits per heavy atom. The molecule has 1 heterocycles. The summed E-state index contributed by atoms with van der Waals surface area (Å²) in [4.78, 5) is 4.45. The standard InChI is InChI=1S/C20H25N3O3/c1-13-8-15-9-18(25-3)16(10-19(15)26-13)11-22-20(21)23-17-7-5-4-6-14(17)12-24-2/h4-7,9-10,13H,8,11-12H2,1-3H3,(H3,21,22,23). The number of nitrogens with two attached hydrogens (primary N) is 1. The molecule has 1 unspecified atom stereocenters. The zero-order chi connectivity index (χ0) is 18.5. The van der Waals surface area contributed by atoms with Crippen molar-refractivity contribution in [1.82, 2.24) is 0 Å². The molecule has 3 N–H and O–H groups in total. The highest BCUT2D eigenvalue weighted by Crippen LogP contribution is 2.35. The van der Waals surface area contributed by atoms with Crippen molar-refractivity contribution < 1.29 is 14.2 Å². The fourth-order valence-corrected chi connectivity index (χ4v) is 3.07. The first kappa shape index (κ1) is 18.1. The quantitative estimate of drug-likeness (QED) is 0.615. The largest absolute Gasteiger partial charge is 0.496 e. The maximum absolute atomic E-state index is 6.07. The highest BCUT2D eigenvalue weighted by atomic mass is 16.5. The van der Waals surface area contributed by atoms with E-state index in [-0.39, 0.29) is 6.10 Å². The molecule has 0 saturated carbocycles. The number of anilines is 1. The minimum absolute atomic E-state index is 0.192. The van der Waals surface area contributed by atoms with Gasteiger partial charge in [-0.05, 0) is 25.1 Å². The smallest absolute Gasteiger partial charge is 0.193 e. The van der Waals surface area contributed by atoms with E-state index in [0.717, 1.165) is 34.7 Å². The summed E-state index contributed by atoms with van der Waals surface area (Å²) in [6.07, 6.45) is 1.09. The number of aliphatic imine (C=N–C) groups is 1. The minimum Gasteiger partial charge on any atom is -0.496 e. The second-order valence-corrected chi connectivity index (χ2v) is 6.32. The van der Waals surface area contributed by atoms with Gasteiger partial charge in [0.05, 0.1) is 20.3 Å². The molecular weight excluding hydrogens is 330 g/mol. The maximum atomic E-state index is 6.07. The van der Waals surface area contributed by atoms with E-state index >= 15 is 0 Å². The van der Waals surface area contributed by atoms with Crippen molar-refractivity contribution in [2.24, 2.45) is 10.7 Å². The number of hydrogen-bond acceptors (Lipinski definition) is 4. The van der Waals surface area contributed by atoms with Crippen LogP contribution >= 0.6 is 0 Å². The van der Waals surface area contributed by atoms with E-state index in [1.54, 1.807) is 14.2 Å². The molecule has 0 aromatic heterocycles. The molecule has 0 amide bonds. The highest BCUT2D eigenvalue weighted by molar-refractivity contribution is 5.93. The number of guanidine groups is 1. The summed E-state index contributed by atoms with van der Waals surface area (Å²) in [6.45, 7) is 2.97. The van der Waals surface area contributed by atoms with Crippen molar-refractivity contribution in [1.29, 1.82) is 0 Å². The molecule has 0 aliphatic carbocycles. The molecule has 1 aliphatic heterocycles. The van der Waals surface area contributed by atoms with Crippen LogP contribution in [0.4, 0.5) is 5.69 Å². The van der Waals surface area contributed by atoms with E-state index in [2.05, 4.69) is 17.2 Å². The number of nitrogens with one attached hydrogen (secondary N) is 1. The molecular formula is C20H25N3O3. The average molecular weight is 355 g/mol. The molecule has 0 bridgehead atoms. The number of rotatable bonds is 6. The van der Waals surface area contributed by atoms with E-state index in [9.17, 15) is 0 Å². The maximum Gasteiger partial charge on any atom is 0.193 e. The average Bonchev–Trinajstić information content (AvgIpc) is 2.99. The Labute approximate surface area is 154 Å². The first-order valence-corrected chi connectivity index (χ1v) is 8.61. The molecule has 2 aromatic carbocycles. The molecule has 0 fully saturated rings. The normalized spacial score (nSPS) is 16.1. The van der Waals surface area contributed by atoms with Gasteiger partial charge in [0.15, 0.2) is 5.96 Å². The highest BCUT2D eigenvalue weighted by Gasteiger charge is 2.21. The van der Waals surface area contributed by atoms with Crippen molar-refractivity contribution in [2.75, 3.05) is 19.5 Å². The fraction of sp³-hybridized carbons (Fsp3) is 0.350. The van der Waals surface area contributed by atoms with Gasteiger partial charge in [-0.25, -0.2) is 4.99 Å². The van der Waals surface area contributed by atoms with Crippen LogP contribution in [0.25, 0.3) is 0 Å². The lowest BCUT2D eigenvalue weighted by atomic mass is 10.1. The Balaban J connectivity index is 1.75. The van der Waals surface area contributed by atoms with Crippen LogP contribution in [0.1, 0.15) is 23.6 Å². The number of methoxy groups -OCH3 is 2. The number of fused-ring (bicyclic) bond motifs is 1. The number of nitrogens with zero attached hydrogens (tertiary/aromatic N) is 1. The van der Waals surface area contributed by atoms with Gasteiger partial charge < -0.3 is 25.3 Å². The first-order valence-electron chi connectivity index (χ1n) is 8.61. The zero-order valence-electron chi connectivity index (χ0n) is 15.4. The third-order valence-electron chi connectivity index (χ3n) is 4.30. The fourth-order valence-electron chi connectivity index (χ4n) is 3.07. The lowest BCUT2D eigenvalue weighted by molar-refractivity contribution is 0.185. The van der Waals surface area contributed by atoms with Crippen LogP contribution in [0.2, 0.25) is 0 Å². The summed E-state index contributed by atoms with van der Waals surface area (Å²) in [5.74, 6) is 2.05. The molecule has 0 radical (unpaired) electrons. The second-order valence-electron chi connectivity index (χ2n) is 6.32. The van der Waals surface area contributed by atoms with E-state index in [0.29, 0.717) is 19.1 Å². The SMILES string of the molecule is COCc1ccccc1NC(N)=NCc1cc2c(cc1OC)CC(C)O2. The van der Waals surface area contributed by atoms with Crippen LogP contribution < -0.4 is 20.5 Å². The molecule has 6 nitrogen and oxygen atoms in total. The van der Waals surface area contributed by atoms with Crippen LogP contribution in [0.15, 0.2) is 41.4 Å². The third-order valence-corrected chi connectivity index (χ3v) is 4.30. The number of ether oxygens (including phenoxy) is 3. The predicted octanol–water partition coefficient (Wildman–Crippen LogP) is 3.09. The molecule has 2 aromatic rings. The van der Waals surface area contributed by atoms with Crippen molar-refractivity contribution in [3.8, 4) is 11.5 Å². The van der Waals surface area contributed by atoms with Gasteiger partial charge in [-0.15, -0.1) is 0 Å². The van der Waals surface area contributed by atoms with Crippen LogP contribution in [-0.4, -0.2) is 26.3 Å². The van der Waals surface area contributed by atoms with Crippen molar-refractivity contribution >= 4 is 11.6 Å². The number of para-hydroxylation sites is 1. The molecule has 6 heteroatoms. The van der Waals surface area contributed by atoms with Crippen molar-refractivity contribution in [2.45, 2.75) is 32.6 Å². The molecule has 0 saturated heterocycles. The summed E-state index contributed by atoms with van der Waals surface area (Å²) < 4.78 is 16.5. The van der Waals surface area contributed by atoms with Crippen molar-refractivity contribution in [3.63, 3.8) is 0 Å². The van der Waals surface area contributed by atoms with Gasteiger partial charge in [-0.1, -0.05) is 18.2 Å². The minimum atomic E-state index is 0.192. The van der Waals surface area contributed by atoms with E-state index in [1.165, 1.54) is 5.56 Å². The summed E-state index contributed by atoms with van der Waals surface area (Å²) in [6, 6.07) is 11.9. The number of hydrogen-bond donors (Lipinski definition) is 2. The summed E-state index contributed by atoms with van der Waals surface area (Å²) in [7, 11) is 3.33. The third kappa shape index (κ3) is 4.08. The topological polar surface area (TPSA) is 78.1 Å². The summed E-state index contributed by atoms with van der Waals surface area (Å²) in [5.41, 5.74) is 10.1.